The van der Waals surface area contributed by atoms with Gasteiger partial charge in [-0.05, 0) is 58.1 Å². The number of hydrogen-bond acceptors (Lipinski definition) is 5. The number of carbonyl (C=O) groups excluding carboxylic acids is 1. The number of rotatable bonds is 3. The molecule has 0 saturated heterocycles. The van der Waals surface area contributed by atoms with E-state index in [1.807, 2.05) is 26.0 Å². The number of aromatic nitrogens is 4. The van der Waals surface area contributed by atoms with Crippen molar-refractivity contribution in [2.24, 2.45) is 0 Å². The second-order valence-corrected chi connectivity index (χ2v) is 7.85. The maximum atomic E-state index is 12.7. The Balaban J connectivity index is 1.58. The van der Waals surface area contributed by atoms with E-state index in [9.17, 15) is 4.79 Å². The number of aryl methyl sites for hydroxylation is 5. The van der Waals surface area contributed by atoms with Gasteiger partial charge in [0, 0.05) is 4.88 Å². The van der Waals surface area contributed by atoms with Crippen molar-refractivity contribution >= 4 is 22.4 Å². The van der Waals surface area contributed by atoms with Crippen molar-refractivity contribution in [3.63, 3.8) is 0 Å². The number of carbonyl (C=O) groups is 1. The minimum atomic E-state index is -0.260. The fraction of sp³-hybridized carbons (Fsp3) is 0.368. The first-order chi connectivity index (χ1) is 12.5. The molecule has 3 aromatic rings. The van der Waals surface area contributed by atoms with Crippen molar-refractivity contribution in [3.8, 4) is 5.69 Å². The summed E-state index contributed by atoms with van der Waals surface area (Å²) in [6.45, 7) is 5.86. The Bertz CT molecular complexity index is 964. The molecular formula is C19H21N5OS. The Morgan fingerprint density at radius 3 is 2.73 bits per heavy atom. The first-order valence-corrected chi connectivity index (χ1v) is 9.64. The third-order valence-electron chi connectivity index (χ3n) is 4.63. The number of nitrogens with one attached hydrogen (secondary N) is 1. The smallest absolute Gasteiger partial charge is 0.279 e. The number of anilines is 1. The van der Waals surface area contributed by atoms with Crippen molar-refractivity contribution in [3.05, 3.63) is 51.3 Å². The quantitative estimate of drug-likeness (QED) is 0.765. The van der Waals surface area contributed by atoms with E-state index in [1.165, 1.54) is 28.1 Å². The molecule has 0 fully saturated rings. The molecule has 1 N–H and O–H groups in total. The molecule has 0 aliphatic heterocycles. The molecule has 0 spiro atoms. The fourth-order valence-electron chi connectivity index (χ4n) is 3.29. The molecule has 6 nitrogen and oxygen atoms in total. The lowest BCUT2D eigenvalue weighted by molar-refractivity contribution is 0.102. The van der Waals surface area contributed by atoms with E-state index in [2.05, 4.69) is 26.6 Å². The molecule has 4 rings (SSSR count). The predicted molar refractivity (Wildman–Crippen MR) is 102 cm³/mol. The molecule has 1 amide bonds. The van der Waals surface area contributed by atoms with Crippen molar-refractivity contribution in [2.75, 3.05) is 5.32 Å². The normalized spacial score (nSPS) is 13.5. The summed E-state index contributed by atoms with van der Waals surface area (Å²) in [5, 5.41) is 12.4. The van der Waals surface area contributed by atoms with Gasteiger partial charge in [0.2, 0.25) is 0 Å². The molecule has 2 aromatic heterocycles. The second-order valence-electron chi connectivity index (χ2n) is 6.76. The van der Waals surface area contributed by atoms with Crippen LogP contribution in [0.25, 0.3) is 5.69 Å². The van der Waals surface area contributed by atoms with Gasteiger partial charge in [-0.2, -0.15) is 9.90 Å². The van der Waals surface area contributed by atoms with Crippen LogP contribution in [0.4, 0.5) is 5.13 Å². The van der Waals surface area contributed by atoms with Gasteiger partial charge >= 0.3 is 0 Å². The topological polar surface area (TPSA) is 72.7 Å². The van der Waals surface area contributed by atoms with Crippen LogP contribution in [-0.2, 0) is 12.8 Å². The Morgan fingerprint density at radius 1 is 1.15 bits per heavy atom. The monoisotopic (exact) mass is 367 g/mol. The van der Waals surface area contributed by atoms with E-state index in [0.29, 0.717) is 16.5 Å². The number of fused-ring (bicyclic) bond motifs is 1. The number of amides is 1. The third-order valence-corrected chi connectivity index (χ3v) is 5.70. The highest BCUT2D eigenvalue weighted by Gasteiger charge is 2.20. The summed E-state index contributed by atoms with van der Waals surface area (Å²) in [5.74, 6) is -0.260. The lowest BCUT2D eigenvalue weighted by atomic mass is 10.0. The Hall–Kier alpha value is -2.54. The van der Waals surface area contributed by atoms with Crippen molar-refractivity contribution in [1.82, 2.24) is 20.0 Å². The third kappa shape index (κ3) is 3.14. The van der Waals surface area contributed by atoms with Crippen LogP contribution < -0.4 is 5.32 Å². The van der Waals surface area contributed by atoms with Gasteiger partial charge in [0.05, 0.1) is 17.1 Å². The van der Waals surface area contributed by atoms with E-state index in [1.54, 1.807) is 18.3 Å². The fourth-order valence-corrected chi connectivity index (χ4v) is 4.33. The summed E-state index contributed by atoms with van der Waals surface area (Å²) in [6, 6.07) is 6.06. The SMILES string of the molecule is Cc1ccc(-n2nc(C)c(C(=O)Nc3nc4c(s3)CCCC4)n2)c(C)c1. The molecule has 0 atom stereocenters. The molecule has 1 aliphatic carbocycles. The largest absolute Gasteiger partial charge is 0.296 e. The molecule has 26 heavy (non-hydrogen) atoms. The average molecular weight is 367 g/mol. The summed E-state index contributed by atoms with van der Waals surface area (Å²) >= 11 is 1.57. The molecule has 134 valence electrons. The van der Waals surface area contributed by atoms with Crippen LogP contribution in [0.3, 0.4) is 0 Å². The summed E-state index contributed by atoms with van der Waals surface area (Å²) in [5.41, 5.74) is 5.19. The summed E-state index contributed by atoms with van der Waals surface area (Å²) in [4.78, 5) is 20.1. The molecule has 1 aliphatic rings. The van der Waals surface area contributed by atoms with E-state index < -0.39 is 0 Å². The van der Waals surface area contributed by atoms with Crippen LogP contribution in [0.1, 0.15) is 50.7 Å². The summed E-state index contributed by atoms with van der Waals surface area (Å²) in [6.07, 6.45) is 4.44. The standard InChI is InChI=1S/C19H21N5OS/c1-11-8-9-15(12(2)10-11)24-22-13(3)17(23-24)18(25)21-19-20-14-6-4-5-7-16(14)26-19/h8-10H,4-7H2,1-3H3,(H,20,21,25). The number of hydrogen-bond donors (Lipinski definition) is 1. The lowest BCUT2D eigenvalue weighted by Crippen LogP contribution is -2.14. The number of benzene rings is 1. The van der Waals surface area contributed by atoms with Crippen LogP contribution in [0.5, 0.6) is 0 Å². The molecule has 0 unspecified atom stereocenters. The average Bonchev–Trinajstić information content (AvgIpc) is 3.17. The van der Waals surface area contributed by atoms with Crippen LogP contribution in [-0.4, -0.2) is 25.9 Å². The van der Waals surface area contributed by atoms with Crippen LogP contribution in [0.2, 0.25) is 0 Å². The maximum absolute atomic E-state index is 12.7. The molecule has 2 heterocycles. The van der Waals surface area contributed by atoms with Crippen molar-refractivity contribution in [1.29, 1.82) is 0 Å². The van der Waals surface area contributed by atoms with E-state index in [-0.39, 0.29) is 5.91 Å². The van der Waals surface area contributed by atoms with Gasteiger partial charge in [-0.25, -0.2) is 4.98 Å². The Morgan fingerprint density at radius 2 is 1.96 bits per heavy atom. The Labute approximate surface area is 156 Å². The van der Waals surface area contributed by atoms with Gasteiger partial charge in [-0.3, -0.25) is 10.1 Å². The van der Waals surface area contributed by atoms with Gasteiger partial charge < -0.3 is 0 Å². The van der Waals surface area contributed by atoms with Crippen molar-refractivity contribution in [2.45, 2.75) is 46.5 Å². The first kappa shape index (κ1) is 16.9. The van der Waals surface area contributed by atoms with Gasteiger partial charge in [0.15, 0.2) is 10.8 Å². The van der Waals surface area contributed by atoms with Gasteiger partial charge in [0.1, 0.15) is 0 Å². The van der Waals surface area contributed by atoms with E-state index in [0.717, 1.165) is 29.8 Å². The molecule has 1 aromatic carbocycles. The summed E-state index contributed by atoms with van der Waals surface area (Å²) in [7, 11) is 0. The van der Waals surface area contributed by atoms with Crippen LogP contribution >= 0.6 is 11.3 Å². The van der Waals surface area contributed by atoms with Crippen molar-refractivity contribution < 1.29 is 4.79 Å². The zero-order valence-electron chi connectivity index (χ0n) is 15.2. The number of nitrogens with zero attached hydrogens (tertiary/aromatic N) is 4. The molecule has 7 heteroatoms. The Kier molecular flexibility index (Phi) is 4.32. The van der Waals surface area contributed by atoms with E-state index in [4.69, 9.17) is 0 Å². The zero-order valence-corrected chi connectivity index (χ0v) is 16.0. The first-order valence-electron chi connectivity index (χ1n) is 8.83. The molecule has 0 bridgehead atoms. The highest BCUT2D eigenvalue weighted by molar-refractivity contribution is 7.15. The minimum Gasteiger partial charge on any atom is -0.296 e. The number of thiazole rings is 1. The van der Waals surface area contributed by atoms with Gasteiger partial charge in [-0.15, -0.1) is 16.4 Å². The van der Waals surface area contributed by atoms with Gasteiger partial charge in [-0.1, -0.05) is 17.7 Å². The zero-order chi connectivity index (χ0) is 18.3. The van der Waals surface area contributed by atoms with Gasteiger partial charge in [0.25, 0.3) is 5.91 Å². The maximum Gasteiger partial charge on any atom is 0.279 e. The minimum absolute atomic E-state index is 0.260. The molecule has 0 radical (unpaired) electrons. The molecular weight excluding hydrogens is 346 g/mol. The van der Waals surface area contributed by atoms with Crippen LogP contribution in [0.15, 0.2) is 18.2 Å². The van der Waals surface area contributed by atoms with Crippen LogP contribution in [0, 0.1) is 20.8 Å². The predicted octanol–water partition coefficient (Wildman–Crippen LogP) is 3.78. The van der Waals surface area contributed by atoms with E-state index >= 15 is 0 Å². The molecule has 0 saturated carbocycles. The second kappa shape index (κ2) is 6.64. The lowest BCUT2D eigenvalue weighted by Gasteiger charge is -2.06. The summed E-state index contributed by atoms with van der Waals surface area (Å²) < 4.78 is 0. The highest BCUT2D eigenvalue weighted by atomic mass is 32.1. The highest BCUT2D eigenvalue weighted by Crippen LogP contribution is 2.29.